The highest BCUT2D eigenvalue weighted by Gasteiger charge is 2.15. The third-order valence-corrected chi connectivity index (χ3v) is 5.16. The highest BCUT2D eigenvalue weighted by atomic mass is 35.7. The van der Waals surface area contributed by atoms with Crippen LogP contribution < -0.4 is 4.72 Å². The maximum Gasteiger partial charge on any atom is 0.261 e. The first-order valence-electron chi connectivity index (χ1n) is 5.21. The van der Waals surface area contributed by atoms with Crippen LogP contribution in [0.1, 0.15) is 18.9 Å². The molecule has 0 heterocycles. The number of halogens is 1. The van der Waals surface area contributed by atoms with Crippen molar-refractivity contribution in [2.45, 2.75) is 25.2 Å². The Bertz CT molecular complexity index is 638. The van der Waals surface area contributed by atoms with Crippen molar-refractivity contribution in [3.8, 4) is 0 Å². The smallest absolute Gasteiger partial charge is 0.261 e. The molecule has 1 aromatic carbocycles. The predicted molar refractivity (Wildman–Crippen MR) is 71.9 cm³/mol. The minimum atomic E-state index is -3.81. The summed E-state index contributed by atoms with van der Waals surface area (Å²) >= 11 is 0. The van der Waals surface area contributed by atoms with Gasteiger partial charge in [0.2, 0.25) is 10.0 Å². The van der Waals surface area contributed by atoms with Gasteiger partial charge in [-0.2, -0.15) is 0 Å². The third-order valence-electron chi connectivity index (χ3n) is 2.18. The molecule has 0 spiro atoms. The molecule has 0 aliphatic heterocycles. The zero-order chi connectivity index (χ0) is 14.0. The lowest BCUT2D eigenvalue weighted by Gasteiger charge is -2.09. The summed E-state index contributed by atoms with van der Waals surface area (Å²) in [4.78, 5) is -0.0254. The molecule has 0 aliphatic rings. The Hall–Kier alpha value is -0.790. The highest BCUT2D eigenvalue weighted by Crippen LogP contribution is 2.23. The van der Waals surface area contributed by atoms with Crippen molar-refractivity contribution in [2.75, 3.05) is 10.5 Å². The number of nitrogens with one attached hydrogen (secondary N) is 1. The molecular formula is C10H14ClNO4S2. The van der Waals surface area contributed by atoms with Gasteiger partial charge in [0.25, 0.3) is 9.05 Å². The summed E-state index contributed by atoms with van der Waals surface area (Å²) in [6.45, 7) is 3.31. The van der Waals surface area contributed by atoms with Crippen LogP contribution in [0.25, 0.3) is 0 Å². The predicted octanol–water partition coefficient (Wildman–Crippen LogP) is 2.07. The van der Waals surface area contributed by atoms with Crippen molar-refractivity contribution in [3.05, 3.63) is 23.8 Å². The van der Waals surface area contributed by atoms with Gasteiger partial charge in [0.05, 0.1) is 10.6 Å². The minimum absolute atomic E-state index is 0.0155. The molecule has 18 heavy (non-hydrogen) atoms. The van der Waals surface area contributed by atoms with E-state index >= 15 is 0 Å². The molecule has 0 atom stereocenters. The molecule has 1 N–H and O–H groups in total. The van der Waals surface area contributed by atoms with Gasteiger partial charge >= 0.3 is 0 Å². The molecule has 0 unspecified atom stereocenters. The summed E-state index contributed by atoms with van der Waals surface area (Å²) in [5.41, 5.74) is 0.715. The Morgan fingerprint density at radius 1 is 1.22 bits per heavy atom. The van der Waals surface area contributed by atoms with Gasteiger partial charge < -0.3 is 0 Å². The van der Waals surface area contributed by atoms with Gasteiger partial charge in [-0.05, 0) is 37.1 Å². The number of rotatable bonds is 5. The Morgan fingerprint density at radius 2 is 1.83 bits per heavy atom. The monoisotopic (exact) mass is 311 g/mol. The SMILES string of the molecule is CCCS(=O)(=O)Nc1ccc(S(=O)(=O)Cl)c(C)c1. The van der Waals surface area contributed by atoms with E-state index in [0.29, 0.717) is 17.7 Å². The van der Waals surface area contributed by atoms with Crippen molar-refractivity contribution in [2.24, 2.45) is 0 Å². The topological polar surface area (TPSA) is 80.3 Å². The Morgan fingerprint density at radius 3 is 2.28 bits per heavy atom. The summed E-state index contributed by atoms with van der Waals surface area (Å²) in [6, 6.07) is 4.08. The van der Waals surface area contributed by atoms with E-state index in [4.69, 9.17) is 10.7 Å². The van der Waals surface area contributed by atoms with Crippen molar-refractivity contribution in [1.82, 2.24) is 0 Å². The van der Waals surface area contributed by atoms with Gasteiger partial charge in [-0.3, -0.25) is 4.72 Å². The molecule has 102 valence electrons. The zero-order valence-corrected chi connectivity index (χ0v) is 12.4. The maximum absolute atomic E-state index is 11.5. The van der Waals surface area contributed by atoms with Crippen LogP contribution in [0.3, 0.4) is 0 Å². The van der Waals surface area contributed by atoms with E-state index in [-0.39, 0.29) is 10.6 Å². The number of hydrogen-bond acceptors (Lipinski definition) is 4. The van der Waals surface area contributed by atoms with Gasteiger partial charge in [-0.25, -0.2) is 16.8 Å². The van der Waals surface area contributed by atoms with Gasteiger partial charge in [0.15, 0.2) is 0 Å². The van der Waals surface area contributed by atoms with Crippen molar-refractivity contribution >= 4 is 35.4 Å². The molecule has 8 heteroatoms. The van der Waals surface area contributed by atoms with Gasteiger partial charge in [0.1, 0.15) is 0 Å². The molecule has 1 rings (SSSR count). The van der Waals surface area contributed by atoms with Crippen molar-refractivity contribution in [3.63, 3.8) is 0 Å². The van der Waals surface area contributed by atoms with Crippen molar-refractivity contribution < 1.29 is 16.8 Å². The molecular weight excluding hydrogens is 298 g/mol. The minimum Gasteiger partial charge on any atom is -0.284 e. The Balaban J connectivity index is 3.07. The van der Waals surface area contributed by atoms with Crippen LogP contribution in [0.15, 0.2) is 23.1 Å². The molecule has 0 aromatic heterocycles. The van der Waals surface area contributed by atoms with Crippen LogP contribution in [0.5, 0.6) is 0 Å². The molecule has 5 nitrogen and oxygen atoms in total. The van der Waals surface area contributed by atoms with E-state index in [2.05, 4.69) is 4.72 Å². The largest absolute Gasteiger partial charge is 0.284 e. The standard InChI is InChI=1S/C10H14ClNO4S2/c1-3-6-17(13,14)12-9-4-5-10(8(2)7-9)18(11,15)16/h4-5,7,12H,3,6H2,1-2H3. The number of aryl methyl sites for hydroxylation is 1. The Kier molecular flexibility index (Phi) is 4.63. The molecule has 0 saturated heterocycles. The summed E-state index contributed by atoms with van der Waals surface area (Å²) < 4.78 is 47.8. The highest BCUT2D eigenvalue weighted by molar-refractivity contribution is 8.13. The molecule has 0 radical (unpaired) electrons. The molecule has 0 fully saturated rings. The number of hydrogen-bond donors (Lipinski definition) is 1. The van der Waals surface area contributed by atoms with Gasteiger partial charge in [-0.15, -0.1) is 0 Å². The summed E-state index contributed by atoms with van der Waals surface area (Å²) in [7, 11) is -1.96. The van der Waals surface area contributed by atoms with Crippen LogP contribution in [-0.4, -0.2) is 22.6 Å². The van der Waals surface area contributed by atoms with Crippen molar-refractivity contribution in [1.29, 1.82) is 0 Å². The number of benzene rings is 1. The van der Waals surface area contributed by atoms with Crippen LogP contribution in [0, 0.1) is 6.92 Å². The second-order valence-corrected chi connectivity index (χ2v) is 8.22. The summed E-state index contributed by atoms with van der Waals surface area (Å²) in [5.74, 6) is 0.0155. The average molecular weight is 312 g/mol. The van der Waals surface area contributed by atoms with Gasteiger partial charge in [0, 0.05) is 16.4 Å². The second-order valence-electron chi connectivity index (χ2n) is 3.84. The van der Waals surface area contributed by atoms with E-state index < -0.39 is 19.1 Å². The van der Waals surface area contributed by atoms with Crippen LogP contribution >= 0.6 is 10.7 Å². The van der Waals surface area contributed by atoms with Crippen LogP contribution in [0.2, 0.25) is 0 Å². The van der Waals surface area contributed by atoms with E-state index in [0.717, 1.165) is 0 Å². The third kappa shape index (κ3) is 4.15. The van der Waals surface area contributed by atoms with E-state index in [1.165, 1.54) is 18.2 Å². The molecule has 0 aliphatic carbocycles. The quantitative estimate of drug-likeness (QED) is 0.844. The van der Waals surface area contributed by atoms with E-state index in [1.54, 1.807) is 13.8 Å². The second kappa shape index (κ2) is 5.46. The van der Waals surface area contributed by atoms with Gasteiger partial charge in [-0.1, -0.05) is 6.92 Å². The molecule has 0 bridgehead atoms. The fourth-order valence-electron chi connectivity index (χ4n) is 1.49. The number of sulfonamides is 1. The first-order valence-corrected chi connectivity index (χ1v) is 9.17. The summed E-state index contributed by atoms with van der Waals surface area (Å²) in [6.07, 6.45) is 0.502. The Labute approximate surface area is 112 Å². The average Bonchev–Trinajstić information content (AvgIpc) is 2.13. The summed E-state index contributed by atoms with van der Waals surface area (Å²) in [5, 5.41) is 0. The lowest BCUT2D eigenvalue weighted by Crippen LogP contribution is -2.16. The number of anilines is 1. The molecule has 0 saturated carbocycles. The zero-order valence-electron chi connectivity index (χ0n) is 9.97. The van der Waals surface area contributed by atoms with E-state index in [1.807, 2.05) is 0 Å². The van der Waals surface area contributed by atoms with E-state index in [9.17, 15) is 16.8 Å². The van der Waals surface area contributed by atoms with Crippen LogP contribution in [-0.2, 0) is 19.1 Å². The lowest BCUT2D eigenvalue weighted by molar-refractivity contribution is 0.599. The molecule has 1 aromatic rings. The lowest BCUT2D eigenvalue weighted by atomic mass is 10.2. The first kappa shape index (κ1) is 15.3. The first-order chi connectivity index (χ1) is 8.15. The normalized spacial score (nSPS) is 12.4. The molecule has 0 amide bonds. The fraction of sp³-hybridized carbons (Fsp3) is 0.400. The fourth-order valence-corrected chi connectivity index (χ4v) is 3.80. The maximum atomic E-state index is 11.5. The van der Waals surface area contributed by atoms with Crippen LogP contribution in [0.4, 0.5) is 5.69 Å².